The van der Waals surface area contributed by atoms with Crippen molar-refractivity contribution in [2.75, 3.05) is 24.5 Å². The van der Waals surface area contributed by atoms with Gasteiger partial charge in [-0.25, -0.2) is 0 Å². The zero-order valence-corrected chi connectivity index (χ0v) is 10.1. The highest BCUT2D eigenvalue weighted by Gasteiger charge is 2.29. The zero-order valence-electron chi connectivity index (χ0n) is 10.1. The van der Waals surface area contributed by atoms with Crippen molar-refractivity contribution in [3.8, 4) is 0 Å². The summed E-state index contributed by atoms with van der Waals surface area (Å²) in [7, 11) is 0. The minimum Gasteiger partial charge on any atom is -0.361 e. The first-order valence-electron chi connectivity index (χ1n) is 5.86. The second-order valence-corrected chi connectivity index (χ2v) is 4.30. The van der Waals surface area contributed by atoms with Crippen LogP contribution in [0.1, 0.15) is 12.5 Å². The molecule has 0 aliphatic carbocycles. The Morgan fingerprint density at radius 3 is 2.71 bits per heavy atom. The van der Waals surface area contributed by atoms with Crippen molar-refractivity contribution in [1.29, 1.82) is 0 Å². The summed E-state index contributed by atoms with van der Waals surface area (Å²) in [6.45, 7) is 6.56. The number of rotatable bonds is 4. The predicted octanol–water partition coefficient (Wildman–Crippen LogP) is 1.70. The van der Waals surface area contributed by atoms with Gasteiger partial charge in [-0.05, 0) is 19.4 Å². The third-order valence-electron chi connectivity index (χ3n) is 3.24. The highest BCUT2D eigenvalue weighted by atomic mass is 16.6. The number of hydrogen-bond acceptors (Lipinski definition) is 4. The second-order valence-electron chi connectivity index (χ2n) is 4.30. The third kappa shape index (κ3) is 2.10. The lowest BCUT2D eigenvalue weighted by atomic mass is 10.1. The van der Waals surface area contributed by atoms with Gasteiger partial charge in [0.25, 0.3) is 5.69 Å². The van der Waals surface area contributed by atoms with E-state index in [1.165, 1.54) is 0 Å². The number of anilines is 1. The summed E-state index contributed by atoms with van der Waals surface area (Å²) in [5.41, 5.74) is 1.94. The van der Waals surface area contributed by atoms with E-state index in [0.717, 1.165) is 30.9 Å². The minimum atomic E-state index is -0.295. The van der Waals surface area contributed by atoms with Gasteiger partial charge in [-0.3, -0.25) is 10.1 Å². The van der Waals surface area contributed by atoms with Crippen LogP contribution < -0.4 is 10.2 Å². The fraction of sp³-hybridized carbons (Fsp3) is 0.500. The SMILES string of the molecule is CCN(c1c(C)cccc1[N+](=O)[O-])C1CNC1. The van der Waals surface area contributed by atoms with Crippen LogP contribution in [0.2, 0.25) is 0 Å². The van der Waals surface area contributed by atoms with Gasteiger partial charge < -0.3 is 10.2 Å². The fourth-order valence-corrected chi connectivity index (χ4v) is 2.26. The van der Waals surface area contributed by atoms with E-state index in [1.54, 1.807) is 12.1 Å². The summed E-state index contributed by atoms with van der Waals surface area (Å²) in [5, 5.41) is 14.3. The van der Waals surface area contributed by atoms with Crippen molar-refractivity contribution >= 4 is 11.4 Å². The lowest BCUT2D eigenvalue weighted by Gasteiger charge is -2.39. The van der Waals surface area contributed by atoms with Crippen LogP contribution in [-0.2, 0) is 0 Å². The lowest BCUT2D eigenvalue weighted by molar-refractivity contribution is -0.384. The first-order chi connectivity index (χ1) is 8.15. The zero-order chi connectivity index (χ0) is 12.4. The Balaban J connectivity index is 2.43. The Kier molecular flexibility index (Phi) is 3.28. The molecule has 0 amide bonds. The minimum absolute atomic E-state index is 0.207. The van der Waals surface area contributed by atoms with E-state index in [2.05, 4.69) is 10.2 Å². The van der Waals surface area contributed by atoms with Gasteiger partial charge in [-0.15, -0.1) is 0 Å². The molecule has 1 saturated heterocycles. The Morgan fingerprint density at radius 1 is 1.53 bits per heavy atom. The second kappa shape index (κ2) is 4.71. The molecule has 0 spiro atoms. The monoisotopic (exact) mass is 235 g/mol. The maximum absolute atomic E-state index is 11.1. The molecule has 17 heavy (non-hydrogen) atoms. The van der Waals surface area contributed by atoms with Crippen molar-refractivity contribution in [1.82, 2.24) is 5.32 Å². The first kappa shape index (κ1) is 11.9. The molecule has 1 aliphatic rings. The summed E-state index contributed by atoms with van der Waals surface area (Å²) >= 11 is 0. The maximum Gasteiger partial charge on any atom is 0.292 e. The predicted molar refractivity (Wildman–Crippen MR) is 67.5 cm³/mol. The summed E-state index contributed by atoms with van der Waals surface area (Å²) in [6.07, 6.45) is 0. The van der Waals surface area contributed by atoms with Gasteiger partial charge in [-0.1, -0.05) is 12.1 Å². The molecule has 0 bridgehead atoms. The molecular weight excluding hydrogens is 218 g/mol. The van der Waals surface area contributed by atoms with Crippen LogP contribution in [0.3, 0.4) is 0 Å². The average Bonchev–Trinajstić information content (AvgIpc) is 2.23. The smallest absolute Gasteiger partial charge is 0.292 e. The summed E-state index contributed by atoms with van der Waals surface area (Å²) in [5.74, 6) is 0. The summed E-state index contributed by atoms with van der Waals surface area (Å²) in [4.78, 5) is 12.9. The maximum atomic E-state index is 11.1. The topological polar surface area (TPSA) is 58.4 Å². The van der Waals surface area contributed by atoms with Gasteiger partial charge in [0, 0.05) is 25.7 Å². The van der Waals surface area contributed by atoms with E-state index in [1.807, 2.05) is 19.9 Å². The van der Waals surface area contributed by atoms with E-state index >= 15 is 0 Å². The number of nitro benzene ring substituents is 1. The van der Waals surface area contributed by atoms with Gasteiger partial charge in [0.15, 0.2) is 0 Å². The molecule has 5 nitrogen and oxygen atoms in total. The standard InChI is InChI=1S/C12H17N3O2/c1-3-14(10-7-13-8-10)12-9(2)5-4-6-11(12)15(16)17/h4-6,10,13H,3,7-8H2,1-2H3. The molecule has 1 aromatic carbocycles. The number of benzene rings is 1. The molecule has 5 heteroatoms. The van der Waals surface area contributed by atoms with Crippen molar-refractivity contribution < 1.29 is 4.92 Å². The molecule has 1 N–H and O–H groups in total. The number of likely N-dealkylation sites (N-methyl/N-ethyl adjacent to an activating group) is 1. The molecule has 0 radical (unpaired) electrons. The number of para-hydroxylation sites is 1. The number of nitrogens with one attached hydrogen (secondary N) is 1. The Labute approximate surface area is 101 Å². The van der Waals surface area contributed by atoms with Crippen LogP contribution in [0.15, 0.2) is 18.2 Å². The van der Waals surface area contributed by atoms with E-state index in [-0.39, 0.29) is 10.6 Å². The van der Waals surface area contributed by atoms with Crippen LogP contribution in [0.5, 0.6) is 0 Å². The van der Waals surface area contributed by atoms with Gasteiger partial charge in [0.1, 0.15) is 5.69 Å². The molecule has 0 aromatic heterocycles. The van der Waals surface area contributed by atoms with Gasteiger partial charge in [-0.2, -0.15) is 0 Å². The van der Waals surface area contributed by atoms with Crippen molar-refractivity contribution in [2.45, 2.75) is 19.9 Å². The molecule has 1 heterocycles. The van der Waals surface area contributed by atoms with Crippen LogP contribution in [0, 0.1) is 17.0 Å². The molecule has 2 rings (SSSR count). The van der Waals surface area contributed by atoms with Crippen LogP contribution >= 0.6 is 0 Å². The molecule has 92 valence electrons. The van der Waals surface area contributed by atoms with E-state index in [9.17, 15) is 10.1 Å². The summed E-state index contributed by atoms with van der Waals surface area (Å²) < 4.78 is 0. The molecule has 1 aromatic rings. The Morgan fingerprint density at radius 2 is 2.24 bits per heavy atom. The molecular formula is C12H17N3O2. The molecule has 0 atom stereocenters. The Bertz CT molecular complexity index is 430. The molecule has 0 saturated carbocycles. The third-order valence-corrected chi connectivity index (χ3v) is 3.24. The number of hydrogen-bond donors (Lipinski definition) is 1. The van der Waals surface area contributed by atoms with Gasteiger partial charge in [0.05, 0.1) is 11.0 Å². The van der Waals surface area contributed by atoms with Crippen LogP contribution in [0.25, 0.3) is 0 Å². The summed E-state index contributed by atoms with van der Waals surface area (Å²) in [6, 6.07) is 5.62. The molecule has 0 unspecified atom stereocenters. The first-order valence-corrected chi connectivity index (χ1v) is 5.86. The highest BCUT2D eigenvalue weighted by Crippen LogP contribution is 2.33. The number of nitro groups is 1. The number of nitrogens with zero attached hydrogens (tertiary/aromatic N) is 2. The largest absolute Gasteiger partial charge is 0.361 e. The van der Waals surface area contributed by atoms with Crippen molar-refractivity contribution in [3.63, 3.8) is 0 Å². The average molecular weight is 235 g/mol. The van der Waals surface area contributed by atoms with E-state index in [4.69, 9.17) is 0 Å². The van der Waals surface area contributed by atoms with Crippen molar-refractivity contribution in [3.05, 3.63) is 33.9 Å². The van der Waals surface area contributed by atoms with Gasteiger partial charge >= 0.3 is 0 Å². The van der Waals surface area contributed by atoms with E-state index in [0.29, 0.717) is 6.04 Å². The van der Waals surface area contributed by atoms with Crippen molar-refractivity contribution in [2.24, 2.45) is 0 Å². The van der Waals surface area contributed by atoms with Crippen LogP contribution in [0.4, 0.5) is 11.4 Å². The quantitative estimate of drug-likeness (QED) is 0.637. The highest BCUT2D eigenvalue weighted by molar-refractivity contribution is 5.68. The normalized spacial score (nSPS) is 15.4. The lowest BCUT2D eigenvalue weighted by Crippen LogP contribution is -2.57. The number of aryl methyl sites for hydroxylation is 1. The van der Waals surface area contributed by atoms with Crippen LogP contribution in [-0.4, -0.2) is 30.6 Å². The fourth-order valence-electron chi connectivity index (χ4n) is 2.26. The molecule has 1 fully saturated rings. The van der Waals surface area contributed by atoms with E-state index < -0.39 is 0 Å². The van der Waals surface area contributed by atoms with Gasteiger partial charge in [0.2, 0.25) is 0 Å². The Hall–Kier alpha value is -1.62. The molecule has 1 aliphatic heterocycles.